The standard InChI is InChI=1S/C20H29NO4S/c1-12-7-6-8-17(13(12)2)21-19(22)14(3)25-20(23)16-10-9-15(26-5)11-18(16)24-4/h9-14,17H,6-8H2,1-5H3,(H,21,22)/t12-,13+,14+,17+/m0/s1. The molecule has 0 unspecified atom stereocenters. The van der Waals surface area contributed by atoms with E-state index in [0.29, 0.717) is 23.1 Å². The number of hydrogen-bond donors (Lipinski definition) is 1. The number of carbonyl (C=O) groups is 2. The van der Waals surface area contributed by atoms with Crippen LogP contribution < -0.4 is 10.1 Å². The van der Waals surface area contributed by atoms with Crippen LogP contribution in [0, 0.1) is 11.8 Å². The van der Waals surface area contributed by atoms with Gasteiger partial charge in [0, 0.05) is 10.9 Å². The van der Waals surface area contributed by atoms with Crippen molar-refractivity contribution in [1.82, 2.24) is 5.32 Å². The van der Waals surface area contributed by atoms with Gasteiger partial charge in [0.05, 0.1) is 7.11 Å². The minimum atomic E-state index is -0.850. The first-order valence-electron chi connectivity index (χ1n) is 9.10. The Hall–Kier alpha value is -1.69. The van der Waals surface area contributed by atoms with E-state index in [9.17, 15) is 9.59 Å². The van der Waals surface area contributed by atoms with Crippen LogP contribution in [0.25, 0.3) is 0 Å². The van der Waals surface area contributed by atoms with E-state index < -0.39 is 12.1 Å². The Bertz CT molecular complexity index is 649. The van der Waals surface area contributed by atoms with Crippen LogP contribution in [0.5, 0.6) is 5.75 Å². The molecule has 2 rings (SSSR count). The molecule has 1 amide bonds. The zero-order valence-electron chi connectivity index (χ0n) is 16.2. The third-order valence-corrected chi connectivity index (χ3v) is 6.04. The van der Waals surface area contributed by atoms with Gasteiger partial charge in [-0.15, -0.1) is 11.8 Å². The summed E-state index contributed by atoms with van der Waals surface area (Å²) in [5.74, 6) is 0.663. The molecule has 0 aromatic heterocycles. The number of rotatable bonds is 6. The molecule has 6 heteroatoms. The number of amides is 1. The molecule has 0 bridgehead atoms. The number of carbonyl (C=O) groups excluding carboxylic acids is 2. The number of methoxy groups -OCH3 is 1. The zero-order chi connectivity index (χ0) is 19.3. The zero-order valence-corrected chi connectivity index (χ0v) is 17.0. The van der Waals surface area contributed by atoms with Crippen LogP contribution in [0.1, 0.15) is 50.4 Å². The average molecular weight is 380 g/mol. The molecule has 1 aliphatic rings. The average Bonchev–Trinajstić information content (AvgIpc) is 2.64. The number of hydrogen-bond acceptors (Lipinski definition) is 5. The molecule has 1 aliphatic carbocycles. The van der Waals surface area contributed by atoms with Crippen molar-refractivity contribution in [3.8, 4) is 5.75 Å². The van der Waals surface area contributed by atoms with E-state index in [-0.39, 0.29) is 11.9 Å². The van der Waals surface area contributed by atoms with Gasteiger partial charge in [-0.3, -0.25) is 4.79 Å². The van der Waals surface area contributed by atoms with Gasteiger partial charge in [-0.2, -0.15) is 0 Å². The van der Waals surface area contributed by atoms with Crippen molar-refractivity contribution in [3.63, 3.8) is 0 Å². The molecule has 144 valence electrons. The van der Waals surface area contributed by atoms with Gasteiger partial charge >= 0.3 is 5.97 Å². The maximum atomic E-state index is 12.5. The van der Waals surface area contributed by atoms with Crippen molar-refractivity contribution in [2.45, 2.75) is 57.1 Å². The molecule has 0 aliphatic heterocycles. The lowest BCUT2D eigenvalue weighted by Gasteiger charge is -2.35. The topological polar surface area (TPSA) is 64.6 Å². The number of benzene rings is 1. The summed E-state index contributed by atoms with van der Waals surface area (Å²) in [4.78, 5) is 25.9. The highest BCUT2D eigenvalue weighted by molar-refractivity contribution is 7.98. The molecule has 0 radical (unpaired) electrons. The molecule has 0 spiro atoms. The minimum absolute atomic E-state index is 0.141. The Kier molecular flexibility index (Phi) is 7.38. The van der Waals surface area contributed by atoms with Crippen LogP contribution in [-0.2, 0) is 9.53 Å². The summed E-state index contributed by atoms with van der Waals surface area (Å²) in [6.07, 6.45) is 4.39. The molecule has 1 N–H and O–H groups in total. The van der Waals surface area contributed by atoms with Crippen molar-refractivity contribution >= 4 is 23.6 Å². The largest absolute Gasteiger partial charge is 0.496 e. The van der Waals surface area contributed by atoms with E-state index in [1.54, 1.807) is 30.8 Å². The second-order valence-corrected chi connectivity index (χ2v) is 7.88. The quantitative estimate of drug-likeness (QED) is 0.600. The van der Waals surface area contributed by atoms with Crippen LogP contribution in [-0.4, -0.2) is 37.4 Å². The van der Waals surface area contributed by atoms with Crippen LogP contribution in [0.2, 0.25) is 0 Å². The van der Waals surface area contributed by atoms with Gasteiger partial charge in [-0.05, 0) is 49.6 Å². The summed E-state index contributed by atoms with van der Waals surface area (Å²) in [6.45, 7) is 5.99. The maximum Gasteiger partial charge on any atom is 0.342 e. The smallest absolute Gasteiger partial charge is 0.342 e. The summed E-state index contributed by atoms with van der Waals surface area (Å²) >= 11 is 1.56. The van der Waals surface area contributed by atoms with E-state index in [1.807, 2.05) is 12.3 Å². The van der Waals surface area contributed by atoms with Gasteiger partial charge in [0.1, 0.15) is 11.3 Å². The van der Waals surface area contributed by atoms with Crippen LogP contribution >= 0.6 is 11.8 Å². The summed E-state index contributed by atoms with van der Waals surface area (Å²) < 4.78 is 10.7. The second kappa shape index (κ2) is 9.31. The lowest BCUT2D eigenvalue weighted by molar-refractivity contribution is -0.130. The normalized spacial score (nSPS) is 23.8. The molecular weight excluding hydrogens is 350 g/mol. The highest BCUT2D eigenvalue weighted by Gasteiger charge is 2.30. The summed E-state index contributed by atoms with van der Waals surface area (Å²) in [5, 5.41) is 3.05. The summed E-state index contributed by atoms with van der Waals surface area (Å²) in [6, 6.07) is 5.43. The van der Waals surface area contributed by atoms with Gasteiger partial charge in [-0.1, -0.05) is 26.7 Å². The Morgan fingerprint density at radius 3 is 2.65 bits per heavy atom. The van der Waals surface area contributed by atoms with E-state index in [0.717, 1.165) is 17.7 Å². The third kappa shape index (κ3) is 4.93. The molecule has 26 heavy (non-hydrogen) atoms. The van der Waals surface area contributed by atoms with Crippen molar-refractivity contribution in [3.05, 3.63) is 23.8 Å². The Morgan fingerprint density at radius 1 is 1.27 bits per heavy atom. The van der Waals surface area contributed by atoms with Crippen LogP contribution in [0.4, 0.5) is 0 Å². The van der Waals surface area contributed by atoms with E-state index >= 15 is 0 Å². The highest BCUT2D eigenvalue weighted by Crippen LogP contribution is 2.30. The lowest BCUT2D eigenvalue weighted by Crippen LogP contribution is -2.47. The maximum absolute atomic E-state index is 12.5. The predicted octanol–water partition coefficient (Wildman–Crippen LogP) is 3.90. The van der Waals surface area contributed by atoms with Crippen LogP contribution in [0.3, 0.4) is 0 Å². The van der Waals surface area contributed by atoms with Crippen LogP contribution in [0.15, 0.2) is 23.1 Å². The molecule has 1 aromatic rings. The third-order valence-electron chi connectivity index (χ3n) is 5.32. The molecule has 1 fully saturated rings. The van der Waals surface area contributed by atoms with E-state index in [1.165, 1.54) is 13.5 Å². The Labute approximate surface area is 160 Å². The first-order chi connectivity index (χ1) is 12.4. The number of nitrogens with one attached hydrogen (secondary N) is 1. The fourth-order valence-electron chi connectivity index (χ4n) is 3.33. The molecule has 5 nitrogen and oxygen atoms in total. The molecule has 0 heterocycles. The molecule has 4 atom stereocenters. The van der Waals surface area contributed by atoms with Gasteiger partial charge < -0.3 is 14.8 Å². The lowest BCUT2D eigenvalue weighted by atomic mass is 9.78. The highest BCUT2D eigenvalue weighted by atomic mass is 32.2. The fraction of sp³-hybridized carbons (Fsp3) is 0.600. The van der Waals surface area contributed by atoms with Crippen molar-refractivity contribution in [2.24, 2.45) is 11.8 Å². The number of ether oxygens (including phenoxy) is 2. The summed E-state index contributed by atoms with van der Waals surface area (Å²) in [5.41, 5.74) is 0.324. The summed E-state index contributed by atoms with van der Waals surface area (Å²) in [7, 11) is 1.51. The molecule has 1 aromatic carbocycles. The van der Waals surface area contributed by atoms with Gasteiger partial charge in [0.2, 0.25) is 0 Å². The molecule has 1 saturated carbocycles. The number of thioether (sulfide) groups is 1. The second-order valence-electron chi connectivity index (χ2n) is 7.00. The Balaban J connectivity index is 1.99. The van der Waals surface area contributed by atoms with E-state index in [4.69, 9.17) is 9.47 Å². The fourth-order valence-corrected chi connectivity index (χ4v) is 3.76. The number of esters is 1. The monoisotopic (exact) mass is 379 g/mol. The molecular formula is C20H29NO4S. The SMILES string of the molecule is COc1cc(SC)ccc1C(=O)O[C@H](C)C(=O)N[C@@H]1CCC[C@H](C)[C@H]1C. The predicted molar refractivity (Wildman–Crippen MR) is 104 cm³/mol. The molecule has 0 saturated heterocycles. The van der Waals surface area contributed by atoms with Crippen molar-refractivity contribution in [1.29, 1.82) is 0 Å². The van der Waals surface area contributed by atoms with Gasteiger partial charge in [0.25, 0.3) is 5.91 Å². The minimum Gasteiger partial charge on any atom is -0.496 e. The van der Waals surface area contributed by atoms with E-state index in [2.05, 4.69) is 19.2 Å². The Morgan fingerprint density at radius 2 is 2.00 bits per heavy atom. The van der Waals surface area contributed by atoms with Crippen molar-refractivity contribution < 1.29 is 19.1 Å². The van der Waals surface area contributed by atoms with Gasteiger partial charge in [0.15, 0.2) is 6.10 Å². The first kappa shape index (κ1) is 20.6. The first-order valence-corrected chi connectivity index (χ1v) is 10.3. The van der Waals surface area contributed by atoms with Gasteiger partial charge in [-0.25, -0.2) is 4.79 Å². The van der Waals surface area contributed by atoms with Crippen molar-refractivity contribution in [2.75, 3.05) is 13.4 Å².